The zero-order valence-corrected chi connectivity index (χ0v) is 13.1. The Kier molecular flexibility index (Phi) is 4.97. The van der Waals surface area contributed by atoms with Gasteiger partial charge in [0.2, 0.25) is 9.84 Å². The van der Waals surface area contributed by atoms with E-state index in [0.717, 1.165) is 12.1 Å². The fourth-order valence-electron chi connectivity index (χ4n) is 2.06. The van der Waals surface area contributed by atoms with Crippen LogP contribution in [-0.2, 0) is 16.4 Å². The molecule has 0 bridgehead atoms. The second-order valence-electron chi connectivity index (χ2n) is 5.09. The van der Waals surface area contributed by atoms with Gasteiger partial charge in [-0.3, -0.25) is 0 Å². The van der Waals surface area contributed by atoms with Crippen LogP contribution in [0.3, 0.4) is 0 Å². The van der Waals surface area contributed by atoms with Crippen LogP contribution < -0.4 is 0 Å². The molecule has 0 aromatic heterocycles. The maximum atomic E-state index is 14.3. The number of rotatable bonds is 6. The summed E-state index contributed by atoms with van der Waals surface area (Å²) in [7, 11) is -4.79. The van der Waals surface area contributed by atoms with Crippen LogP contribution in [0.2, 0.25) is 0 Å². The molecule has 0 radical (unpaired) electrons. The lowest BCUT2D eigenvalue weighted by Crippen LogP contribution is -2.29. The molecule has 0 amide bonds. The highest BCUT2D eigenvalue weighted by molar-refractivity contribution is 7.92. The van der Waals surface area contributed by atoms with E-state index in [-0.39, 0.29) is 12.2 Å². The Morgan fingerprint density at radius 2 is 1.61 bits per heavy atom. The number of hydrogen-bond acceptors (Lipinski definition) is 3. The van der Waals surface area contributed by atoms with Crippen LogP contribution in [0.15, 0.2) is 66.1 Å². The minimum atomic E-state index is -4.79. The SMILES string of the molecule is C=C(CC(F)(F)S(=O)(=O)c1ccccc1)c1ccc(CO)cc1. The molecule has 0 spiro atoms. The predicted octanol–water partition coefficient (Wildman–Crippen LogP) is 3.65. The largest absolute Gasteiger partial charge is 0.392 e. The number of aliphatic hydroxyl groups is 1. The van der Waals surface area contributed by atoms with Crippen LogP contribution >= 0.6 is 0 Å². The first-order chi connectivity index (χ1) is 10.8. The van der Waals surface area contributed by atoms with Gasteiger partial charge in [0.05, 0.1) is 17.9 Å². The lowest BCUT2D eigenvalue weighted by atomic mass is 10.0. The molecular formula is C17H16F2O3S. The molecular weight excluding hydrogens is 322 g/mol. The van der Waals surface area contributed by atoms with Crippen molar-refractivity contribution in [2.75, 3.05) is 0 Å². The number of alkyl halides is 2. The van der Waals surface area contributed by atoms with Crippen LogP contribution in [0.5, 0.6) is 0 Å². The first-order valence-electron chi connectivity index (χ1n) is 6.83. The third kappa shape index (κ3) is 3.65. The summed E-state index contributed by atoms with van der Waals surface area (Å²) in [4.78, 5) is -0.423. The average molecular weight is 338 g/mol. The highest BCUT2D eigenvalue weighted by Gasteiger charge is 2.46. The van der Waals surface area contributed by atoms with Crippen LogP contribution in [0.4, 0.5) is 8.78 Å². The molecule has 0 heterocycles. The summed E-state index contributed by atoms with van der Waals surface area (Å²) in [5.41, 5.74) is 1.05. The summed E-state index contributed by atoms with van der Waals surface area (Å²) in [6.07, 6.45) is -0.997. The highest BCUT2D eigenvalue weighted by atomic mass is 32.2. The summed E-state index contributed by atoms with van der Waals surface area (Å²) in [5, 5.41) is 5.01. The van der Waals surface area contributed by atoms with E-state index in [1.807, 2.05) is 0 Å². The Morgan fingerprint density at radius 1 is 1.04 bits per heavy atom. The fourth-order valence-corrected chi connectivity index (χ4v) is 3.29. The number of allylic oxidation sites excluding steroid dienone is 1. The van der Waals surface area contributed by atoms with Crippen LogP contribution in [-0.4, -0.2) is 18.8 Å². The fraction of sp³-hybridized carbons (Fsp3) is 0.176. The Bertz CT molecular complexity index is 782. The summed E-state index contributed by atoms with van der Waals surface area (Å²) < 4.78 is 52.8. The number of halogens is 2. The van der Waals surface area contributed by atoms with Crippen molar-refractivity contribution in [3.63, 3.8) is 0 Å². The molecule has 0 aliphatic carbocycles. The number of sulfone groups is 1. The van der Waals surface area contributed by atoms with Gasteiger partial charge in [-0.25, -0.2) is 8.42 Å². The van der Waals surface area contributed by atoms with E-state index >= 15 is 0 Å². The molecule has 1 N–H and O–H groups in total. The van der Waals surface area contributed by atoms with E-state index in [2.05, 4.69) is 6.58 Å². The van der Waals surface area contributed by atoms with Crippen molar-refractivity contribution in [2.45, 2.75) is 23.2 Å². The van der Waals surface area contributed by atoms with Crippen LogP contribution in [0.25, 0.3) is 5.57 Å². The topological polar surface area (TPSA) is 54.4 Å². The summed E-state index contributed by atoms with van der Waals surface area (Å²) >= 11 is 0. The lowest BCUT2D eigenvalue weighted by molar-refractivity contribution is 0.0982. The molecule has 0 aliphatic rings. The summed E-state index contributed by atoms with van der Waals surface area (Å²) in [6, 6.07) is 12.8. The highest BCUT2D eigenvalue weighted by Crippen LogP contribution is 2.36. The van der Waals surface area contributed by atoms with Gasteiger partial charge in [0.1, 0.15) is 0 Å². The van der Waals surface area contributed by atoms with Crippen molar-refractivity contribution in [2.24, 2.45) is 0 Å². The Morgan fingerprint density at radius 3 is 2.13 bits per heavy atom. The van der Waals surface area contributed by atoms with Crippen LogP contribution in [0.1, 0.15) is 17.5 Å². The second-order valence-corrected chi connectivity index (χ2v) is 7.16. The minimum Gasteiger partial charge on any atom is -0.392 e. The molecule has 6 heteroatoms. The van der Waals surface area contributed by atoms with Gasteiger partial charge in [-0.1, -0.05) is 49.0 Å². The van der Waals surface area contributed by atoms with Gasteiger partial charge >= 0.3 is 5.25 Å². The van der Waals surface area contributed by atoms with E-state index in [4.69, 9.17) is 5.11 Å². The minimum absolute atomic E-state index is 0.0130. The van der Waals surface area contributed by atoms with Crippen molar-refractivity contribution in [1.29, 1.82) is 0 Å². The van der Waals surface area contributed by atoms with Crippen molar-refractivity contribution < 1.29 is 22.3 Å². The number of hydrogen-bond donors (Lipinski definition) is 1. The van der Waals surface area contributed by atoms with E-state index in [9.17, 15) is 17.2 Å². The number of aliphatic hydroxyl groups excluding tert-OH is 1. The molecule has 0 saturated carbocycles. The van der Waals surface area contributed by atoms with Gasteiger partial charge in [-0.15, -0.1) is 0 Å². The molecule has 2 rings (SSSR count). The molecule has 122 valence electrons. The second kappa shape index (κ2) is 6.60. The molecule has 3 nitrogen and oxygen atoms in total. The van der Waals surface area contributed by atoms with Gasteiger partial charge in [-0.2, -0.15) is 8.78 Å². The summed E-state index contributed by atoms with van der Waals surface area (Å²) in [5.74, 6) is 0. The van der Waals surface area contributed by atoms with Gasteiger partial charge in [-0.05, 0) is 28.8 Å². The van der Waals surface area contributed by atoms with Gasteiger partial charge in [0.25, 0.3) is 0 Å². The van der Waals surface area contributed by atoms with E-state index in [1.165, 1.54) is 24.3 Å². The predicted molar refractivity (Wildman–Crippen MR) is 84.6 cm³/mol. The molecule has 0 unspecified atom stereocenters. The molecule has 0 aliphatic heterocycles. The maximum Gasteiger partial charge on any atom is 0.353 e. The summed E-state index contributed by atoms with van der Waals surface area (Å²) in [6.45, 7) is 3.40. The molecule has 2 aromatic carbocycles. The zero-order valence-electron chi connectivity index (χ0n) is 12.2. The monoisotopic (exact) mass is 338 g/mol. The third-order valence-corrected chi connectivity index (χ3v) is 5.23. The first-order valence-corrected chi connectivity index (χ1v) is 8.32. The van der Waals surface area contributed by atoms with Crippen molar-refractivity contribution in [3.05, 3.63) is 72.3 Å². The van der Waals surface area contributed by atoms with Gasteiger partial charge in [0, 0.05) is 0 Å². The van der Waals surface area contributed by atoms with Gasteiger partial charge in [0.15, 0.2) is 0 Å². The Balaban J connectivity index is 2.24. The molecule has 0 atom stereocenters. The van der Waals surface area contributed by atoms with E-state index in [1.54, 1.807) is 18.2 Å². The molecule has 2 aromatic rings. The Labute approximate surface area is 133 Å². The van der Waals surface area contributed by atoms with Crippen molar-refractivity contribution >= 4 is 15.4 Å². The smallest absolute Gasteiger partial charge is 0.353 e. The lowest BCUT2D eigenvalue weighted by Gasteiger charge is -2.18. The quantitative estimate of drug-likeness (QED) is 0.875. The normalized spacial score (nSPS) is 12.1. The van der Waals surface area contributed by atoms with E-state index in [0.29, 0.717) is 11.1 Å². The molecule has 0 saturated heterocycles. The average Bonchev–Trinajstić information content (AvgIpc) is 2.55. The zero-order chi connectivity index (χ0) is 17.1. The van der Waals surface area contributed by atoms with Crippen molar-refractivity contribution in [3.8, 4) is 0 Å². The maximum absolute atomic E-state index is 14.3. The molecule has 0 fully saturated rings. The third-order valence-electron chi connectivity index (χ3n) is 3.41. The number of benzene rings is 2. The Hall–Kier alpha value is -2.05. The van der Waals surface area contributed by atoms with Crippen molar-refractivity contribution in [1.82, 2.24) is 0 Å². The van der Waals surface area contributed by atoms with E-state index < -0.39 is 26.4 Å². The van der Waals surface area contributed by atoms with Gasteiger partial charge < -0.3 is 5.11 Å². The van der Waals surface area contributed by atoms with Crippen LogP contribution in [0, 0.1) is 0 Å². The standard InChI is InChI=1S/C17H16F2O3S/c1-13(15-9-7-14(12-20)8-10-15)11-17(18,19)23(21,22)16-5-3-2-4-6-16/h2-10,20H,1,11-12H2. The molecule has 23 heavy (non-hydrogen) atoms. The first kappa shape index (κ1) is 17.3.